The van der Waals surface area contributed by atoms with Crippen molar-refractivity contribution < 1.29 is 26.2 Å². The van der Waals surface area contributed by atoms with Gasteiger partial charge in [0.15, 0.2) is 0 Å². The molecule has 0 saturated heterocycles. The molecule has 0 unspecified atom stereocenters. The molecule has 3 aromatic carbocycles. The molecule has 2 aromatic heterocycles. The van der Waals surface area contributed by atoms with E-state index in [9.17, 15) is 5.11 Å². The Balaban J connectivity index is 0.00000253. The normalized spacial score (nSPS) is 12.2. The standard InChI is InChI=1S/C29H23N4O.Pt/c1-18-14-15-30-28(16-18)33-25-7-5-4-6-23(25)32(3)24-12-9-20(17-26(24)33)22-11-10-21-19(2)8-13-27(34)29(21)31-22;/h4-16,34H,1-3H3;/q-1;. The number of benzene rings is 3. The van der Waals surface area contributed by atoms with Gasteiger partial charge in [-0.3, -0.25) is 4.98 Å². The SMILES string of the molecule is Cc1ccnc(N2c3[c-]c(-c4ccc5c(C)ccc(O)c5n4)ccc3N(C)c3ccccc32)c1.[Pt]. The number of hydrogen-bond donors (Lipinski definition) is 1. The largest absolute Gasteiger partial charge is 0.506 e. The van der Waals surface area contributed by atoms with Gasteiger partial charge in [0, 0.05) is 39.7 Å². The predicted octanol–water partition coefficient (Wildman–Crippen LogP) is 6.97. The van der Waals surface area contributed by atoms with Crippen LogP contribution < -0.4 is 9.80 Å². The van der Waals surface area contributed by atoms with Crippen molar-refractivity contribution in [2.45, 2.75) is 13.8 Å². The number of fused-ring (bicyclic) bond motifs is 3. The number of rotatable bonds is 2. The van der Waals surface area contributed by atoms with Gasteiger partial charge in [-0.1, -0.05) is 30.3 Å². The summed E-state index contributed by atoms with van der Waals surface area (Å²) in [5.41, 5.74) is 8.52. The Morgan fingerprint density at radius 1 is 0.857 bits per heavy atom. The maximum absolute atomic E-state index is 10.4. The number of aromatic hydroxyl groups is 1. The van der Waals surface area contributed by atoms with Crippen molar-refractivity contribution in [3.05, 3.63) is 96.2 Å². The molecule has 1 N–H and O–H groups in total. The van der Waals surface area contributed by atoms with Crippen LogP contribution in [-0.4, -0.2) is 22.1 Å². The van der Waals surface area contributed by atoms with Gasteiger partial charge in [-0.05, 0) is 72.4 Å². The molecular formula is C29H23N4OPt-. The molecular weight excluding hydrogens is 615 g/mol. The maximum atomic E-state index is 10.4. The van der Waals surface area contributed by atoms with E-state index in [2.05, 4.69) is 59.1 Å². The number of nitrogens with zero attached hydrogens (tertiary/aromatic N) is 4. The molecule has 0 radical (unpaired) electrons. The van der Waals surface area contributed by atoms with Crippen LogP contribution in [-0.2, 0) is 21.1 Å². The zero-order valence-corrected chi connectivity index (χ0v) is 21.8. The van der Waals surface area contributed by atoms with Gasteiger partial charge in [0.1, 0.15) is 17.1 Å². The zero-order chi connectivity index (χ0) is 23.4. The van der Waals surface area contributed by atoms with Crippen molar-refractivity contribution in [2.75, 3.05) is 16.8 Å². The fourth-order valence-corrected chi connectivity index (χ4v) is 4.63. The van der Waals surface area contributed by atoms with Crippen molar-refractivity contribution >= 4 is 39.5 Å². The Kier molecular flexibility index (Phi) is 5.82. The third-order valence-corrected chi connectivity index (χ3v) is 6.43. The summed E-state index contributed by atoms with van der Waals surface area (Å²) < 4.78 is 0. The molecule has 5 nitrogen and oxygen atoms in total. The number of aromatic nitrogens is 2. The summed E-state index contributed by atoms with van der Waals surface area (Å²) in [7, 11) is 2.07. The second kappa shape index (κ2) is 8.83. The van der Waals surface area contributed by atoms with Gasteiger partial charge in [-0.15, -0.1) is 23.8 Å². The van der Waals surface area contributed by atoms with Gasteiger partial charge in [-0.2, -0.15) is 0 Å². The van der Waals surface area contributed by atoms with Crippen molar-refractivity contribution in [1.29, 1.82) is 0 Å². The molecule has 5 aromatic rings. The van der Waals surface area contributed by atoms with E-state index in [1.165, 1.54) is 0 Å². The van der Waals surface area contributed by atoms with E-state index in [1.807, 2.05) is 55.6 Å². The summed E-state index contributed by atoms with van der Waals surface area (Å²) in [4.78, 5) is 13.8. The van der Waals surface area contributed by atoms with E-state index in [0.717, 1.165) is 56.3 Å². The molecule has 35 heavy (non-hydrogen) atoms. The van der Waals surface area contributed by atoms with Crippen molar-refractivity contribution in [3.63, 3.8) is 0 Å². The average Bonchev–Trinajstić information content (AvgIpc) is 2.86. The van der Waals surface area contributed by atoms with Gasteiger partial charge >= 0.3 is 0 Å². The van der Waals surface area contributed by atoms with E-state index in [1.54, 1.807) is 6.07 Å². The van der Waals surface area contributed by atoms with Crippen LogP contribution in [0.5, 0.6) is 5.75 Å². The monoisotopic (exact) mass is 638 g/mol. The van der Waals surface area contributed by atoms with Crippen molar-refractivity contribution in [3.8, 4) is 17.0 Å². The van der Waals surface area contributed by atoms with Crippen molar-refractivity contribution in [1.82, 2.24) is 9.97 Å². The maximum Gasteiger partial charge on any atom is 0.140 e. The first kappa shape index (κ1) is 23.1. The first-order chi connectivity index (χ1) is 16.5. The topological polar surface area (TPSA) is 52.5 Å². The van der Waals surface area contributed by atoms with Crippen LogP contribution in [0.3, 0.4) is 0 Å². The Labute approximate surface area is 219 Å². The molecule has 0 spiro atoms. The van der Waals surface area contributed by atoms with E-state index in [-0.39, 0.29) is 26.8 Å². The zero-order valence-electron chi connectivity index (χ0n) is 19.6. The van der Waals surface area contributed by atoms with Crippen molar-refractivity contribution in [2.24, 2.45) is 0 Å². The summed E-state index contributed by atoms with van der Waals surface area (Å²) in [6.45, 7) is 4.09. The summed E-state index contributed by atoms with van der Waals surface area (Å²) in [6, 6.07) is 27.8. The Morgan fingerprint density at radius 2 is 1.66 bits per heavy atom. The molecule has 6 rings (SSSR count). The van der Waals surface area contributed by atoms with Crippen LogP contribution in [0.1, 0.15) is 11.1 Å². The second-order valence-corrected chi connectivity index (χ2v) is 8.67. The number of aryl methyl sites for hydroxylation is 2. The molecule has 3 heterocycles. The third-order valence-electron chi connectivity index (χ3n) is 6.43. The minimum Gasteiger partial charge on any atom is -0.506 e. The molecule has 0 bridgehead atoms. The Morgan fingerprint density at radius 3 is 2.46 bits per heavy atom. The number of para-hydroxylation sites is 2. The molecule has 176 valence electrons. The van der Waals surface area contributed by atoms with E-state index in [0.29, 0.717) is 5.52 Å². The summed E-state index contributed by atoms with van der Waals surface area (Å²) in [6.07, 6.45) is 1.84. The van der Waals surface area contributed by atoms with Crippen LogP contribution in [0.15, 0.2) is 79.0 Å². The van der Waals surface area contributed by atoms with Gasteiger partial charge < -0.3 is 14.9 Å². The van der Waals surface area contributed by atoms with Crippen LogP contribution in [0.25, 0.3) is 22.2 Å². The second-order valence-electron chi connectivity index (χ2n) is 8.67. The number of hydrogen-bond acceptors (Lipinski definition) is 5. The van der Waals surface area contributed by atoms with Crippen LogP contribution in [0.4, 0.5) is 28.6 Å². The summed E-state index contributed by atoms with van der Waals surface area (Å²) in [5, 5.41) is 11.4. The van der Waals surface area contributed by atoms with Gasteiger partial charge in [0.05, 0.1) is 11.4 Å². The average molecular weight is 639 g/mol. The van der Waals surface area contributed by atoms with E-state index >= 15 is 0 Å². The molecule has 6 heteroatoms. The van der Waals surface area contributed by atoms with E-state index in [4.69, 9.17) is 4.98 Å². The molecule has 0 atom stereocenters. The first-order valence-electron chi connectivity index (χ1n) is 11.2. The molecule has 0 saturated carbocycles. The summed E-state index contributed by atoms with van der Waals surface area (Å²) in [5.74, 6) is 1.02. The van der Waals surface area contributed by atoms with E-state index < -0.39 is 0 Å². The molecule has 0 fully saturated rings. The molecule has 0 aliphatic carbocycles. The minimum atomic E-state index is 0. The Bertz CT molecular complexity index is 1580. The number of pyridine rings is 2. The number of anilines is 5. The fraction of sp³-hybridized carbons (Fsp3) is 0.103. The number of phenols is 1. The van der Waals surface area contributed by atoms with Gasteiger partial charge in [0.25, 0.3) is 0 Å². The van der Waals surface area contributed by atoms with Crippen LogP contribution in [0, 0.1) is 19.9 Å². The van der Waals surface area contributed by atoms with Gasteiger partial charge in [0.2, 0.25) is 0 Å². The smallest absolute Gasteiger partial charge is 0.140 e. The Hall–Kier alpha value is -3.69. The third kappa shape index (κ3) is 3.77. The minimum absolute atomic E-state index is 0. The molecule has 1 aliphatic rings. The predicted molar refractivity (Wildman–Crippen MR) is 138 cm³/mol. The quantitative estimate of drug-likeness (QED) is 0.212. The van der Waals surface area contributed by atoms with Gasteiger partial charge in [-0.25, -0.2) is 4.98 Å². The number of phenolic OH excluding ortho intramolecular Hbond substituents is 1. The molecule has 1 aliphatic heterocycles. The summed E-state index contributed by atoms with van der Waals surface area (Å²) >= 11 is 0. The fourth-order valence-electron chi connectivity index (χ4n) is 4.63. The van der Waals surface area contributed by atoms with Crippen LogP contribution in [0.2, 0.25) is 0 Å². The van der Waals surface area contributed by atoms with Crippen LogP contribution >= 0.6 is 0 Å². The molecule has 0 amide bonds. The first-order valence-corrected chi connectivity index (χ1v) is 11.2.